The molecule has 0 amide bonds. The van der Waals surface area contributed by atoms with E-state index in [9.17, 15) is 0 Å². The van der Waals surface area contributed by atoms with E-state index < -0.39 is 8.07 Å². The maximum absolute atomic E-state index is 5.87. The summed E-state index contributed by atoms with van der Waals surface area (Å²) in [7, 11) is 0.246. The number of hydrogen-bond acceptors (Lipinski definition) is 3. The molecule has 0 atom stereocenters. The minimum atomic E-state index is -1.41. The Hall–Kier alpha value is -2.25. The van der Waals surface area contributed by atoms with Gasteiger partial charge in [-0.1, -0.05) is 37.7 Å². The Morgan fingerprint density at radius 1 is 1.09 bits per heavy atom. The number of rotatable bonds is 4. The molecule has 0 aliphatic carbocycles. The van der Waals surface area contributed by atoms with Crippen LogP contribution in [0.3, 0.4) is 0 Å². The molecule has 0 radical (unpaired) electrons. The highest BCUT2D eigenvalue weighted by Crippen LogP contribution is 2.18. The molecule has 0 aliphatic heterocycles. The lowest BCUT2D eigenvalue weighted by Gasteiger charge is -2.09. The average molecular weight is 311 g/mol. The van der Waals surface area contributed by atoms with Gasteiger partial charge in [-0.25, -0.2) is 0 Å². The van der Waals surface area contributed by atoms with E-state index >= 15 is 0 Å². The van der Waals surface area contributed by atoms with Crippen LogP contribution in [0.4, 0.5) is 0 Å². The predicted molar refractivity (Wildman–Crippen MR) is 91.8 cm³/mol. The molecule has 1 heterocycles. The molecule has 0 saturated carbocycles. The van der Waals surface area contributed by atoms with Gasteiger partial charge in [-0.3, -0.25) is 4.98 Å². The number of ether oxygens (including phenoxy) is 2. The number of hydrogen-bond donors (Lipinski definition) is 0. The van der Waals surface area contributed by atoms with Crippen molar-refractivity contribution in [1.82, 2.24) is 4.98 Å². The van der Waals surface area contributed by atoms with Gasteiger partial charge in [0.05, 0.1) is 18.9 Å². The third kappa shape index (κ3) is 4.94. The molecule has 0 aliphatic rings. The van der Waals surface area contributed by atoms with Crippen LogP contribution in [0.2, 0.25) is 19.6 Å². The second-order valence-electron chi connectivity index (χ2n) is 6.01. The van der Waals surface area contributed by atoms with E-state index in [1.165, 1.54) is 0 Å². The van der Waals surface area contributed by atoms with Crippen LogP contribution in [0, 0.1) is 11.5 Å². The Labute approximate surface area is 133 Å². The summed E-state index contributed by atoms with van der Waals surface area (Å²) >= 11 is 0. The molecule has 3 nitrogen and oxygen atoms in total. The lowest BCUT2D eigenvalue weighted by Crippen LogP contribution is -2.16. The van der Waals surface area contributed by atoms with E-state index in [1.807, 2.05) is 30.3 Å². The van der Waals surface area contributed by atoms with Gasteiger partial charge in [0.1, 0.15) is 20.4 Å². The molecule has 2 aromatic rings. The number of nitrogens with zero attached hydrogens (tertiary/aromatic N) is 1. The van der Waals surface area contributed by atoms with Crippen molar-refractivity contribution in [3.05, 3.63) is 53.9 Å². The Morgan fingerprint density at radius 2 is 1.82 bits per heavy atom. The van der Waals surface area contributed by atoms with E-state index in [0.717, 1.165) is 22.6 Å². The van der Waals surface area contributed by atoms with Crippen LogP contribution in [0.1, 0.15) is 11.1 Å². The Balaban J connectivity index is 2.10. The summed E-state index contributed by atoms with van der Waals surface area (Å²) in [6, 6.07) is 9.73. The summed E-state index contributed by atoms with van der Waals surface area (Å²) in [5.74, 6) is 4.80. The zero-order valence-electron chi connectivity index (χ0n) is 13.5. The fourth-order valence-electron chi connectivity index (χ4n) is 1.74. The molecule has 114 valence electrons. The summed E-state index contributed by atoms with van der Waals surface area (Å²) < 4.78 is 11.0. The molecule has 0 saturated heterocycles. The van der Waals surface area contributed by atoms with E-state index in [2.05, 4.69) is 36.1 Å². The fourth-order valence-corrected chi connectivity index (χ4v) is 2.25. The van der Waals surface area contributed by atoms with Crippen molar-refractivity contribution in [3.8, 4) is 23.0 Å². The molecule has 2 rings (SSSR count). The molecule has 0 spiro atoms. The number of methoxy groups -OCH3 is 1. The monoisotopic (exact) mass is 311 g/mol. The van der Waals surface area contributed by atoms with Crippen molar-refractivity contribution in [2.24, 2.45) is 0 Å². The van der Waals surface area contributed by atoms with Gasteiger partial charge in [0, 0.05) is 6.20 Å². The second-order valence-corrected chi connectivity index (χ2v) is 10.8. The van der Waals surface area contributed by atoms with Gasteiger partial charge >= 0.3 is 0 Å². The molecule has 1 aromatic heterocycles. The number of benzene rings is 1. The lowest BCUT2D eigenvalue weighted by atomic mass is 10.2. The summed E-state index contributed by atoms with van der Waals surface area (Å²) in [5, 5.41) is 0. The predicted octanol–water partition coefficient (Wildman–Crippen LogP) is 3.90. The van der Waals surface area contributed by atoms with Crippen LogP contribution < -0.4 is 9.47 Å². The van der Waals surface area contributed by atoms with Crippen molar-refractivity contribution in [1.29, 1.82) is 0 Å². The number of pyridine rings is 1. The highest BCUT2D eigenvalue weighted by molar-refractivity contribution is 6.83. The SMILES string of the molecule is COc1ccc(COc2cnccc2C#C[Si](C)(C)C)cc1. The van der Waals surface area contributed by atoms with Crippen LogP contribution in [-0.2, 0) is 6.61 Å². The third-order valence-corrected chi connectivity index (χ3v) is 3.79. The van der Waals surface area contributed by atoms with E-state index in [1.54, 1.807) is 19.5 Å². The summed E-state index contributed by atoms with van der Waals surface area (Å²) in [4.78, 5) is 4.13. The molecule has 0 N–H and O–H groups in total. The normalized spacial score (nSPS) is 10.5. The Morgan fingerprint density at radius 3 is 2.45 bits per heavy atom. The molecule has 0 fully saturated rings. The van der Waals surface area contributed by atoms with E-state index in [-0.39, 0.29) is 0 Å². The van der Waals surface area contributed by atoms with Crippen LogP contribution in [0.25, 0.3) is 0 Å². The Bertz CT molecular complexity index is 679. The van der Waals surface area contributed by atoms with Gasteiger partial charge in [0.2, 0.25) is 0 Å². The van der Waals surface area contributed by atoms with Gasteiger partial charge < -0.3 is 9.47 Å². The van der Waals surface area contributed by atoms with Crippen LogP contribution in [0.5, 0.6) is 11.5 Å². The second kappa shape index (κ2) is 7.14. The molecular weight excluding hydrogens is 290 g/mol. The zero-order valence-corrected chi connectivity index (χ0v) is 14.5. The smallest absolute Gasteiger partial charge is 0.153 e. The third-order valence-electron chi connectivity index (χ3n) is 2.91. The molecule has 1 aromatic carbocycles. The molecule has 0 unspecified atom stereocenters. The Kier molecular flexibility index (Phi) is 5.24. The fraction of sp³-hybridized carbons (Fsp3) is 0.278. The molecule has 22 heavy (non-hydrogen) atoms. The summed E-state index contributed by atoms with van der Waals surface area (Å²) in [6.07, 6.45) is 3.46. The molecule has 0 bridgehead atoms. The highest BCUT2D eigenvalue weighted by Gasteiger charge is 2.08. The van der Waals surface area contributed by atoms with Crippen molar-refractivity contribution >= 4 is 8.07 Å². The lowest BCUT2D eigenvalue weighted by molar-refractivity contribution is 0.304. The van der Waals surface area contributed by atoms with Crippen molar-refractivity contribution in [2.45, 2.75) is 26.2 Å². The minimum absolute atomic E-state index is 0.483. The average Bonchev–Trinajstić information content (AvgIpc) is 2.51. The van der Waals surface area contributed by atoms with Crippen molar-refractivity contribution < 1.29 is 9.47 Å². The van der Waals surface area contributed by atoms with Crippen LogP contribution in [-0.4, -0.2) is 20.2 Å². The minimum Gasteiger partial charge on any atom is -0.497 e. The largest absolute Gasteiger partial charge is 0.497 e. The summed E-state index contributed by atoms with van der Waals surface area (Å²) in [5.41, 5.74) is 5.33. The van der Waals surface area contributed by atoms with Gasteiger partial charge in [0.15, 0.2) is 5.75 Å². The van der Waals surface area contributed by atoms with Crippen LogP contribution in [0.15, 0.2) is 42.7 Å². The molecular formula is C18H21NO2Si. The van der Waals surface area contributed by atoms with E-state index in [0.29, 0.717) is 6.61 Å². The quantitative estimate of drug-likeness (QED) is 0.634. The van der Waals surface area contributed by atoms with Crippen molar-refractivity contribution in [3.63, 3.8) is 0 Å². The first-order chi connectivity index (χ1) is 10.5. The standard InChI is InChI=1S/C18H21NO2Si/c1-20-17-7-5-15(6-8-17)14-21-18-13-19-11-9-16(18)10-12-22(2,3)4/h5-9,11,13H,14H2,1-4H3. The van der Waals surface area contributed by atoms with Crippen LogP contribution >= 0.6 is 0 Å². The van der Waals surface area contributed by atoms with Gasteiger partial charge in [0.25, 0.3) is 0 Å². The number of aromatic nitrogens is 1. The van der Waals surface area contributed by atoms with Gasteiger partial charge in [-0.15, -0.1) is 5.54 Å². The summed E-state index contributed by atoms with van der Waals surface area (Å²) in [6.45, 7) is 7.15. The first-order valence-electron chi connectivity index (χ1n) is 7.21. The first kappa shape index (κ1) is 16.1. The van der Waals surface area contributed by atoms with E-state index in [4.69, 9.17) is 9.47 Å². The highest BCUT2D eigenvalue weighted by atomic mass is 28.3. The zero-order chi connectivity index (χ0) is 16.0. The van der Waals surface area contributed by atoms with Gasteiger partial charge in [-0.2, -0.15) is 0 Å². The first-order valence-corrected chi connectivity index (χ1v) is 10.7. The van der Waals surface area contributed by atoms with Crippen molar-refractivity contribution in [2.75, 3.05) is 7.11 Å². The maximum Gasteiger partial charge on any atom is 0.153 e. The molecule has 4 heteroatoms. The van der Waals surface area contributed by atoms with Gasteiger partial charge in [-0.05, 0) is 23.8 Å². The topological polar surface area (TPSA) is 31.4 Å². The maximum atomic E-state index is 5.87.